The number of hydrogen-bond acceptors (Lipinski definition) is 2. The standard InChI is InChI=1S/C18H28BrNO/c1-10-9-12(19)11(2)13(15(10)21-8)14(20-7)16-17(3,4)18(16,5)6/h9,14,16,20H,1-8H3. The van der Waals surface area contributed by atoms with Crippen LogP contribution in [0.15, 0.2) is 10.5 Å². The van der Waals surface area contributed by atoms with Gasteiger partial charge in [-0.15, -0.1) is 0 Å². The van der Waals surface area contributed by atoms with E-state index >= 15 is 0 Å². The molecule has 21 heavy (non-hydrogen) atoms. The Morgan fingerprint density at radius 1 is 1.19 bits per heavy atom. The third-order valence-corrected chi connectivity index (χ3v) is 6.82. The second-order valence-electron chi connectivity index (χ2n) is 7.43. The minimum atomic E-state index is 0.307. The number of benzene rings is 1. The Labute approximate surface area is 137 Å². The molecule has 1 saturated carbocycles. The van der Waals surface area contributed by atoms with Crippen molar-refractivity contribution in [3.05, 3.63) is 27.2 Å². The summed E-state index contributed by atoms with van der Waals surface area (Å²) in [6.07, 6.45) is 0. The lowest BCUT2D eigenvalue weighted by molar-refractivity contribution is 0.377. The molecular formula is C18H28BrNO. The van der Waals surface area contributed by atoms with Crippen LogP contribution in [0, 0.1) is 30.6 Å². The SMILES string of the molecule is CNC(c1c(C)c(Br)cc(C)c1OC)C1C(C)(C)C1(C)C. The Hall–Kier alpha value is -0.540. The van der Waals surface area contributed by atoms with Crippen LogP contribution in [0.5, 0.6) is 5.75 Å². The zero-order valence-corrected chi connectivity index (χ0v) is 16.1. The fourth-order valence-electron chi connectivity index (χ4n) is 4.08. The van der Waals surface area contributed by atoms with E-state index in [0.29, 0.717) is 22.8 Å². The predicted octanol–water partition coefficient (Wildman–Crippen LogP) is 5.02. The van der Waals surface area contributed by atoms with Crippen molar-refractivity contribution in [3.8, 4) is 5.75 Å². The average Bonchev–Trinajstić information content (AvgIpc) is 2.79. The first-order valence-electron chi connectivity index (χ1n) is 7.62. The van der Waals surface area contributed by atoms with E-state index in [4.69, 9.17) is 4.74 Å². The third-order valence-electron chi connectivity index (χ3n) is 6.00. The number of methoxy groups -OCH3 is 1. The summed E-state index contributed by atoms with van der Waals surface area (Å²) in [4.78, 5) is 0. The van der Waals surface area contributed by atoms with Gasteiger partial charge in [-0.25, -0.2) is 0 Å². The number of nitrogens with one attached hydrogen (secondary N) is 1. The van der Waals surface area contributed by atoms with E-state index in [9.17, 15) is 0 Å². The molecule has 2 nitrogen and oxygen atoms in total. The third kappa shape index (κ3) is 2.33. The Balaban J connectivity index is 2.60. The molecule has 1 unspecified atom stereocenters. The average molecular weight is 354 g/mol. The maximum Gasteiger partial charge on any atom is 0.126 e. The largest absolute Gasteiger partial charge is 0.496 e. The van der Waals surface area contributed by atoms with E-state index < -0.39 is 0 Å². The van der Waals surface area contributed by atoms with E-state index in [1.54, 1.807) is 7.11 Å². The summed E-state index contributed by atoms with van der Waals surface area (Å²) in [6.45, 7) is 13.8. The number of halogens is 1. The van der Waals surface area contributed by atoms with Gasteiger partial charge in [-0.1, -0.05) is 43.6 Å². The maximum atomic E-state index is 5.75. The van der Waals surface area contributed by atoms with Gasteiger partial charge in [0.05, 0.1) is 7.11 Å². The lowest BCUT2D eigenvalue weighted by Crippen LogP contribution is -2.23. The number of ether oxygens (including phenoxy) is 1. The van der Waals surface area contributed by atoms with Gasteiger partial charge in [-0.2, -0.15) is 0 Å². The zero-order chi connectivity index (χ0) is 16.2. The summed E-state index contributed by atoms with van der Waals surface area (Å²) in [7, 11) is 3.83. The molecule has 1 N–H and O–H groups in total. The second kappa shape index (κ2) is 5.27. The van der Waals surface area contributed by atoms with Crippen molar-refractivity contribution >= 4 is 15.9 Å². The van der Waals surface area contributed by atoms with Crippen LogP contribution >= 0.6 is 15.9 Å². The van der Waals surface area contributed by atoms with Crippen LogP contribution in [0.2, 0.25) is 0 Å². The van der Waals surface area contributed by atoms with Gasteiger partial charge in [0, 0.05) is 16.1 Å². The summed E-state index contributed by atoms with van der Waals surface area (Å²) < 4.78 is 6.91. The smallest absolute Gasteiger partial charge is 0.126 e. The first kappa shape index (κ1) is 16.8. The van der Waals surface area contributed by atoms with Gasteiger partial charge in [-0.05, 0) is 54.8 Å². The monoisotopic (exact) mass is 353 g/mol. The topological polar surface area (TPSA) is 21.3 Å². The van der Waals surface area contributed by atoms with Gasteiger partial charge < -0.3 is 10.1 Å². The molecule has 0 saturated heterocycles. The number of aryl methyl sites for hydroxylation is 1. The Morgan fingerprint density at radius 3 is 2.10 bits per heavy atom. The Morgan fingerprint density at radius 2 is 1.71 bits per heavy atom. The first-order chi connectivity index (χ1) is 9.61. The fraction of sp³-hybridized carbons (Fsp3) is 0.667. The van der Waals surface area contributed by atoms with Crippen LogP contribution in [0.25, 0.3) is 0 Å². The summed E-state index contributed by atoms with van der Waals surface area (Å²) in [6, 6.07) is 2.45. The predicted molar refractivity (Wildman–Crippen MR) is 93.0 cm³/mol. The highest BCUT2D eigenvalue weighted by atomic mass is 79.9. The first-order valence-corrected chi connectivity index (χ1v) is 8.41. The fourth-order valence-corrected chi connectivity index (χ4v) is 4.64. The molecule has 3 heteroatoms. The van der Waals surface area contributed by atoms with E-state index in [1.165, 1.54) is 16.7 Å². The lowest BCUT2D eigenvalue weighted by Gasteiger charge is -2.25. The molecule has 1 atom stereocenters. The van der Waals surface area contributed by atoms with Crippen molar-refractivity contribution in [3.63, 3.8) is 0 Å². The van der Waals surface area contributed by atoms with Crippen LogP contribution in [-0.2, 0) is 0 Å². The quantitative estimate of drug-likeness (QED) is 0.820. The van der Waals surface area contributed by atoms with Gasteiger partial charge in [0.25, 0.3) is 0 Å². The highest BCUT2D eigenvalue weighted by Gasteiger charge is 2.67. The summed E-state index contributed by atoms with van der Waals surface area (Å²) in [5.41, 5.74) is 4.41. The van der Waals surface area contributed by atoms with Crippen molar-refractivity contribution in [1.29, 1.82) is 0 Å². The van der Waals surface area contributed by atoms with Crippen molar-refractivity contribution in [1.82, 2.24) is 5.32 Å². The van der Waals surface area contributed by atoms with Crippen molar-refractivity contribution in [2.75, 3.05) is 14.2 Å². The zero-order valence-electron chi connectivity index (χ0n) is 14.5. The van der Waals surface area contributed by atoms with Gasteiger partial charge in [0.2, 0.25) is 0 Å². The molecule has 0 amide bonds. The molecule has 118 valence electrons. The van der Waals surface area contributed by atoms with Crippen molar-refractivity contribution in [2.45, 2.75) is 47.6 Å². The van der Waals surface area contributed by atoms with E-state index in [0.717, 1.165) is 10.2 Å². The van der Waals surface area contributed by atoms with Gasteiger partial charge in [-0.3, -0.25) is 0 Å². The molecule has 0 bridgehead atoms. The highest BCUT2D eigenvalue weighted by Crippen LogP contribution is 2.72. The Bertz CT molecular complexity index is 549. The molecule has 0 aliphatic heterocycles. The molecule has 0 aromatic heterocycles. The van der Waals surface area contributed by atoms with Gasteiger partial charge >= 0.3 is 0 Å². The molecule has 1 fully saturated rings. The van der Waals surface area contributed by atoms with Crippen molar-refractivity contribution < 1.29 is 4.74 Å². The molecule has 1 aliphatic rings. The maximum absolute atomic E-state index is 5.75. The van der Waals surface area contributed by atoms with Crippen LogP contribution in [-0.4, -0.2) is 14.2 Å². The minimum Gasteiger partial charge on any atom is -0.496 e. The lowest BCUT2D eigenvalue weighted by atomic mass is 9.91. The summed E-state index contributed by atoms with van der Waals surface area (Å²) in [5, 5.41) is 3.56. The molecule has 1 aromatic rings. The van der Waals surface area contributed by atoms with Crippen LogP contribution in [0.1, 0.15) is 50.4 Å². The summed E-state index contributed by atoms with van der Waals surface area (Å²) in [5.74, 6) is 1.62. The van der Waals surface area contributed by atoms with E-state index in [2.05, 4.69) is 75.9 Å². The normalized spacial score (nSPS) is 21.2. The highest BCUT2D eigenvalue weighted by molar-refractivity contribution is 9.10. The van der Waals surface area contributed by atoms with Gasteiger partial charge in [0.15, 0.2) is 0 Å². The van der Waals surface area contributed by atoms with E-state index in [1.807, 2.05) is 0 Å². The minimum absolute atomic E-state index is 0.307. The van der Waals surface area contributed by atoms with Crippen molar-refractivity contribution in [2.24, 2.45) is 16.7 Å². The molecule has 1 aliphatic carbocycles. The molecule has 0 heterocycles. The number of rotatable bonds is 4. The van der Waals surface area contributed by atoms with Crippen LogP contribution in [0.3, 0.4) is 0 Å². The van der Waals surface area contributed by atoms with Crippen LogP contribution < -0.4 is 10.1 Å². The number of hydrogen-bond donors (Lipinski definition) is 1. The molecule has 0 spiro atoms. The molecule has 1 aromatic carbocycles. The second-order valence-corrected chi connectivity index (χ2v) is 8.29. The van der Waals surface area contributed by atoms with Gasteiger partial charge in [0.1, 0.15) is 5.75 Å². The molecule has 2 rings (SSSR count). The Kier molecular flexibility index (Phi) is 4.23. The van der Waals surface area contributed by atoms with E-state index in [-0.39, 0.29) is 0 Å². The molecular weight excluding hydrogens is 326 g/mol. The molecule has 0 radical (unpaired) electrons. The summed E-state index contributed by atoms with van der Waals surface area (Å²) >= 11 is 3.70. The van der Waals surface area contributed by atoms with Crippen LogP contribution in [0.4, 0.5) is 0 Å².